The van der Waals surface area contributed by atoms with Gasteiger partial charge in [-0.15, -0.1) is 11.3 Å². The van der Waals surface area contributed by atoms with E-state index in [0.29, 0.717) is 23.1 Å². The second-order valence-corrected chi connectivity index (χ2v) is 7.87. The van der Waals surface area contributed by atoms with Gasteiger partial charge in [-0.1, -0.05) is 6.07 Å². The molecular weight excluding hydrogens is 410 g/mol. The highest BCUT2D eigenvalue weighted by molar-refractivity contribution is 7.13. The van der Waals surface area contributed by atoms with E-state index in [-0.39, 0.29) is 5.91 Å². The van der Waals surface area contributed by atoms with E-state index >= 15 is 0 Å². The number of thiophene rings is 1. The maximum atomic E-state index is 12.7. The SMILES string of the molecule is CCNc1nc(C)cc(Nc2ccc(NC(=O)c3cc(-c4cccs4)nn3C)cc2)n1. The Hall–Kier alpha value is -3.72. The molecule has 1 aromatic carbocycles. The van der Waals surface area contributed by atoms with Gasteiger partial charge in [0.2, 0.25) is 5.95 Å². The first-order valence-corrected chi connectivity index (χ1v) is 10.8. The number of hydrogen-bond acceptors (Lipinski definition) is 7. The average Bonchev–Trinajstić information content (AvgIpc) is 3.39. The van der Waals surface area contributed by atoms with Crippen LogP contribution in [-0.4, -0.2) is 32.2 Å². The minimum atomic E-state index is -0.208. The molecule has 31 heavy (non-hydrogen) atoms. The van der Waals surface area contributed by atoms with Crippen LogP contribution in [0.5, 0.6) is 0 Å². The molecule has 9 heteroatoms. The highest BCUT2D eigenvalue weighted by Gasteiger charge is 2.15. The van der Waals surface area contributed by atoms with Gasteiger partial charge in [0.25, 0.3) is 5.91 Å². The molecule has 0 aliphatic heterocycles. The van der Waals surface area contributed by atoms with Crippen LogP contribution < -0.4 is 16.0 Å². The van der Waals surface area contributed by atoms with Crippen molar-refractivity contribution in [1.29, 1.82) is 0 Å². The van der Waals surface area contributed by atoms with Crippen LogP contribution in [0.2, 0.25) is 0 Å². The number of rotatable bonds is 7. The van der Waals surface area contributed by atoms with Crippen molar-refractivity contribution in [3.63, 3.8) is 0 Å². The highest BCUT2D eigenvalue weighted by Crippen LogP contribution is 2.24. The molecule has 4 rings (SSSR count). The zero-order valence-corrected chi connectivity index (χ0v) is 18.3. The van der Waals surface area contributed by atoms with Crippen LogP contribution in [0.15, 0.2) is 53.9 Å². The summed E-state index contributed by atoms with van der Waals surface area (Å²) >= 11 is 1.59. The fourth-order valence-corrected chi connectivity index (χ4v) is 3.76. The minimum Gasteiger partial charge on any atom is -0.354 e. The number of nitrogens with one attached hydrogen (secondary N) is 3. The second kappa shape index (κ2) is 8.97. The highest BCUT2D eigenvalue weighted by atomic mass is 32.1. The van der Waals surface area contributed by atoms with E-state index in [0.717, 1.165) is 28.5 Å². The number of aryl methyl sites for hydroxylation is 2. The molecule has 0 fully saturated rings. The Kier molecular flexibility index (Phi) is 5.94. The molecule has 8 nitrogen and oxygen atoms in total. The molecule has 3 N–H and O–H groups in total. The number of benzene rings is 1. The summed E-state index contributed by atoms with van der Waals surface area (Å²) in [6.07, 6.45) is 0. The molecule has 0 saturated carbocycles. The Morgan fingerprint density at radius 1 is 1.10 bits per heavy atom. The van der Waals surface area contributed by atoms with Gasteiger partial charge in [-0.25, -0.2) is 4.98 Å². The Morgan fingerprint density at radius 2 is 1.87 bits per heavy atom. The number of carbonyl (C=O) groups excluding carboxylic acids is 1. The predicted octanol–water partition coefficient (Wildman–Crippen LogP) is 4.67. The zero-order chi connectivity index (χ0) is 21.8. The smallest absolute Gasteiger partial charge is 0.273 e. The van der Waals surface area contributed by atoms with Gasteiger partial charge < -0.3 is 16.0 Å². The molecule has 158 valence electrons. The molecule has 1 amide bonds. The first-order valence-electron chi connectivity index (χ1n) is 9.87. The average molecular weight is 434 g/mol. The molecule has 3 aromatic heterocycles. The number of carbonyl (C=O) groups is 1. The van der Waals surface area contributed by atoms with Crippen molar-refractivity contribution in [2.45, 2.75) is 13.8 Å². The Bertz CT molecular complexity index is 1180. The first-order chi connectivity index (χ1) is 15.0. The third-order valence-electron chi connectivity index (χ3n) is 4.49. The fourth-order valence-electron chi connectivity index (χ4n) is 3.07. The molecule has 0 radical (unpaired) electrons. The van der Waals surface area contributed by atoms with E-state index < -0.39 is 0 Å². The van der Waals surface area contributed by atoms with Gasteiger partial charge in [0.1, 0.15) is 17.2 Å². The van der Waals surface area contributed by atoms with Crippen LogP contribution in [-0.2, 0) is 7.05 Å². The number of nitrogens with zero attached hydrogens (tertiary/aromatic N) is 4. The maximum absolute atomic E-state index is 12.7. The number of hydrogen-bond donors (Lipinski definition) is 3. The van der Waals surface area contributed by atoms with Gasteiger partial charge in [-0.2, -0.15) is 10.1 Å². The number of amides is 1. The number of aromatic nitrogens is 4. The van der Waals surface area contributed by atoms with Gasteiger partial charge in [-0.3, -0.25) is 9.48 Å². The van der Waals surface area contributed by atoms with Crippen molar-refractivity contribution in [1.82, 2.24) is 19.7 Å². The van der Waals surface area contributed by atoms with E-state index in [9.17, 15) is 4.79 Å². The van der Waals surface area contributed by atoms with Crippen LogP contribution in [0.1, 0.15) is 23.1 Å². The van der Waals surface area contributed by atoms with Crippen molar-refractivity contribution in [3.8, 4) is 10.6 Å². The Balaban J connectivity index is 1.44. The largest absolute Gasteiger partial charge is 0.354 e. The van der Waals surface area contributed by atoms with Crippen molar-refractivity contribution >= 4 is 40.4 Å². The van der Waals surface area contributed by atoms with E-state index in [1.54, 1.807) is 29.1 Å². The molecule has 0 aliphatic carbocycles. The van der Waals surface area contributed by atoms with Crippen molar-refractivity contribution in [2.24, 2.45) is 7.05 Å². The van der Waals surface area contributed by atoms with E-state index in [1.807, 2.05) is 61.7 Å². The molecule has 4 aromatic rings. The number of anilines is 4. The Morgan fingerprint density at radius 3 is 2.58 bits per heavy atom. The normalized spacial score (nSPS) is 10.7. The fraction of sp³-hybridized carbons (Fsp3) is 0.182. The van der Waals surface area contributed by atoms with E-state index in [1.165, 1.54) is 0 Å². The lowest BCUT2D eigenvalue weighted by molar-refractivity contribution is 0.101. The lowest BCUT2D eigenvalue weighted by atomic mass is 10.2. The standard InChI is InChI=1S/C22H23N7OS/c1-4-23-22-24-14(2)12-20(27-22)25-15-7-9-16(10-8-15)26-21(30)18-13-17(28-29(18)3)19-6-5-11-31-19/h5-13H,4H2,1-3H3,(H,26,30)(H2,23,24,25,27). The lowest BCUT2D eigenvalue weighted by Crippen LogP contribution is -2.16. The molecule has 0 aliphatic rings. The molecule has 0 atom stereocenters. The van der Waals surface area contributed by atoms with E-state index in [2.05, 4.69) is 31.0 Å². The van der Waals surface area contributed by atoms with Crippen molar-refractivity contribution < 1.29 is 4.79 Å². The third-order valence-corrected chi connectivity index (χ3v) is 5.38. The summed E-state index contributed by atoms with van der Waals surface area (Å²) in [7, 11) is 1.77. The molecule has 0 bridgehead atoms. The van der Waals surface area contributed by atoms with Crippen LogP contribution in [0, 0.1) is 6.92 Å². The van der Waals surface area contributed by atoms with Crippen LogP contribution >= 0.6 is 11.3 Å². The van der Waals surface area contributed by atoms with Crippen LogP contribution in [0.3, 0.4) is 0 Å². The van der Waals surface area contributed by atoms with Crippen molar-refractivity contribution in [2.75, 3.05) is 22.5 Å². The maximum Gasteiger partial charge on any atom is 0.273 e. The predicted molar refractivity (Wildman–Crippen MR) is 125 cm³/mol. The summed E-state index contributed by atoms with van der Waals surface area (Å²) in [4.78, 5) is 22.6. The first kappa shape index (κ1) is 20.5. The van der Waals surface area contributed by atoms with Gasteiger partial charge in [0.05, 0.1) is 4.88 Å². The topological polar surface area (TPSA) is 96.8 Å². The monoisotopic (exact) mass is 433 g/mol. The molecule has 0 saturated heterocycles. The lowest BCUT2D eigenvalue weighted by Gasteiger charge is -2.10. The molecular formula is C22H23N7OS. The quantitative estimate of drug-likeness (QED) is 0.392. The Labute approximate surface area is 184 Å². The van der Waals surface area contributed by atoms with Gasteiger partial charge in [-0.05, 0) is 55.6 Å². The van der Waals surface area contributed by atoms with Crippen LogP contribution in [0.4, 0.5) is 23.1 Å². The van der Waals surface area contributed by atoms with Crippen molar-refractivity contribution in [3.05, 3.63) is 65.3 Å². The summed E-state index contributed by atoms with van der Waals surface area (Å²) in [6.45, 7) is 4.68. The second-order valence-electron chi connectivity index (χ2n) is 6.92. The van der Waals surface area contributed by atoms with Gasteiger partial charge >= 0.3 is 0 Å². The minimum absolute atomic E-state index is 0.208. The summed E-state index contributed by atoms with van der Waals surface area (Å²) in [5, 5.41) is 15.7. The summed E-state index contributed by atoms with van der Waals surface area (Å²) in [5.74, 6) is 1.09. The summed E-state index contributed by atoms with van der Waals surface area (Å²) in [5.41, 5.74) is 3.72. The van der Waals surface area contributed by atoms with E-state index in [4.69, 9.17) is 0 Å². The van der Waals surface area contributed by atoms with Crippen LogP contribution in [0.25, 0.3) is 10.6 Å². The summed E-state index contributed by atoms with van der Waals surface area (Å²) < 4.78 is 1.60. The summed E-state index contributed by atoms with van der Waals surface area (Å²) in [6, 6.07) is 15.1. The zero-order valence-electron chi connectivity index (χ0n) is 17.5. The molecule has 0 unspecified atom stereocenters. The van der Waals surface area contributed by atoms with Gasteiger partial charge in [0, 0.05) is 36.7 Å². The third kappa shape index (κ3) is 4.89. The molecule has 3 heterocycles. The molecule has 0 spiro atoms. The van der Waals surface area contributed by atoms with Gasteiger partial charge in [0.15, 0.2) is 0 Å².